The van der Waals surface area contributed by atoms with E-state index in [1.807, 2.05) is 12.1 Å². The van der Waals surface area contributed by atoms with E-state index in [0.29, 0.717) is 28.1 Å². The van der Waals surface area contributed by atoms with E-state index in [1.54, 1.807) is 36.7 Å². The number of nitrogens with one attached hydrogen (secondary N) is 2. The van der Waals surface area contributed by atoms with Crippen LogP contribution in [0.3, 0.4) is 0 Å². The van der Waals surface area contributed by atoms with Crippen LogP contribution in [-0.4, -0.2) is 46.1 Å². The molecule has 0 atom stereocenters. The molecule has 0 radical (unpaired) electrons. The van der Waals surface area contributed by atoms with E-state index in [9.17, 15) is 4.39 Å². The third-order valence-corrected chi connectivity index (χ3v) is 5.22. The second kappa shape index (κ2) is 8.11. The smallest absolute Gasteiger partial charge is 0.229 e. The minimum atomic E-state index is -0.373. The van der Waals surface area contributed by atoms with Crippen molar-refractivity contribution in [3.8, 4) is 11.3 Å². The van der Waals surface area contributed by atoms with Crippen LogP contribution in [0.5, 0.6) is 0 Å². The molecule has 0 saturated carbocycles. The van der Waals surface area contributed by atoms with Crippen LogP contribution in [0.4, 0.5) is 27.7 Å². The number of pyridine rings is 2. The molecule has 5 rings (SSSR count). The molecule has 0 spiro atoms. The second-order valence-corrected chi connectivity index (χ2v) is 7.24. The topological polar surface area (TPSA) is 105 Å². The van der Waals surface area contributed by atoms with Gasteiger partial charge in [-0.05, 0) is 30.3 Å². The molecule has 4 N–H and O–H groups in total. The zero-order valence-electron chi connectivity index (χ0n) is 16.7. The number of benzene rings is 1. The lowest BCUT2D eigenvalue weighted by Crippen LogP contribution is -2.43. The summed E-state index contributed by atoms with van der Waals surface area (Å²) in [5.41, 5.74) is 8.16. The average Bonchev–Trinajstić information content (AvgIpc) is 2.80. The molecule has 0 unspecified atom stereocenters. The molecular formula is C22H21FN8. The van der Waals surface area contributed by atoms with Crippen molar-refractivity contribution in [1.29, 1.82) is 0 Å². The summed E-state index contributed by atoms with van der Waals surface area (Å²) in [5.74, 6) is 1.14. The summed E-state index contributed by atoms with van der Waals surface area (Å²) >= 11 is 0. The van der Waals surface area contributed by atoms with E-state index >= 15 is 0 Å². The van der Waals surface area contributed by atoms with Crippen LogP contribution in [-0.2, 0) is 0 Å². The number of anilines is 4. The molecule has 4 aromatic rings. The summed E-state index contributed by atoms with van der Waals surface area (Å²) in [7, 11) is 0. The molecule has 1 aliphatic heterocycles. The number of hydrogen-bond donors (Lipinski definition) is 3. The Kier molecular flexibility index (Phi) is 5.01. The molecule has 0 amide bonds. The van der Waals surface area contributed by atoms with Crippen molar-refractivity contribution < 1.29 is 4.39 Å². The first-order chi connectivity index (χ1) is 15.2. The Balaban J connectivity index is 1.48. The van der Waals surface area contributed by atoms with Gasteiger partial charge in [-0.25, -0.2) is 14.4 Å². The fourth-order valence-electron chi connectivity index (χ4n) is 3.66. The highest BCUT2D eigenvalue weighted by Gasteiger charge is 2.15. The van der Waals surface area contributed by atoms with Gasteiger partial charge in [0, 0.05) is 43.3 Å². The molecule has 1 aromatic carbocycles. The maximum absolute atomic E-state index is 14.4. The maximum atomic E-state index is 14.4. The molecule has 1 aliphatic rings. The van der Waals surface area contributed by atoms with E-state index in [1.165, 1.54) is 6.07 Å². The largest absolute Gasteiger partial charge is 0.383 e. The highest BCUT2D eigenvalue weighted by atomic mass is 19.1. The van der Waals surface area contributed by atoms with E-state index in [4.69, 9.17) is 5.73 Å². The summed E-state index contributed by atoms with van der Waals surface area (Å²) in [6, 6.07) is 12.1. The normalized spacial score (nSPS) is 14.0. The van der Waals surface area contributed by atoms with Gasteiger partial charge in [-0.2, -0.15) is 4.98 Å². The van der Waals surface area contributed by atoms with Gasteiger partial charge < -0.3 is 21.3 Å². The molecule has 1 fully saturated rings. The van der Waals surface area contributed by atoms with Gasteiger partial charge in [-0.1, -0.05) is 12.1 Å². The Hall–Kier alpha value is -3.85. The number of piperazine rings is 1. The molecule has 0 aliphatic carbocycles. The zero-order valence-corrected chi connectivity index (χ0v) is 16.7. The highest BCUT2D eigenvalue weighted by Crippen LogP contribution is 2.30. The molecule has 3 aromatic heterocycles. The van der Waals surface area contributed by atoms with Crippen LogP contribution in [0, 0.1) is 5.82 Å². The van der Waals surface area contributed by atoms with Crippen molar-refractivity contribution in [1.82, 2.24) is 25.3 Å². The molecule has 156 valence electrons. The number of fused-ring (bicyclic) bond motifs is 1. The number of hydrogen-bond acceptors (Lipinski definition) is 8. The molecule has 4 heterocycles. The van der Waals surface area contributed by atoms with E-state index in [-0.39, 0.29) is 11.6 Å². The van der Waals surface area contributed by atoms with Crippen LogP contribution >= 0.6 is 0 Å². The van der Waals surface area contributed by atoms with E-state index in [2.05, 4.69) is 35.5 Å². The van der Waals surface area contributed by atoms with Gasteiger partial charge in [0.15, 0.2) is 0 Å². The van der Waals surface area contributed by atoms with Crippen molar-refractivity contribution >= 4 is 34.2 Å². The molecular weight excluding hydrogens is 395 g/mol. The first-order valence-electron chi connectivity index (χ1n) is 10.0. The van der Waals surface area contributed by atoms with Crippen molar-refractivity contribution in [2.24, 2.45) is 0 Å². The fourth-order valence-corrected chi connectivity index (χ4v) is 3.66. The predicted octanol–water partition coefficient (Wildman–Crippen LogP) is 2.96. The van der Waals surface area contributed by atoms with E-state index < -0.39 is 0 Å². The first kappa shape index (κ1) is 19.1. The minimum absolute atomic E-state index is 0.290. The Morgan fingerprint density at radius 3 is 2.61 bits per heavy atom. The number of nitrogen functional groups attached to an aromatic ring is 1. The summed E-state index contributed by atoms with van der Waals surface area (Å²) in [5, 5.41) is 7.09. The Morgan fingerprint density at radius 2 is 1.84 bits per heavy atom. The molecule has 8 nitrogen and oxygen atoms in total. The quantitative estimate of drug-likeness (QED) is 0.466. The highest BCUT2D eigenvalue weighted by molar-refractivity contribution is 5.97. The number of aromatic nitrogens is 4. The molecule has 9 heteroatoms. The fraction of sp³-hybridized carbons (Fsp3) is 0.182. The average molecular weight is 416 g/mol. The summed E-state index contributed by atoms with van der Waals surface area (Å²) in [6.07, 6.45) is 3.32. The Morgan fingerprint density at radius 1 is 1.00 bits per heavy atom. The first-order valence-corrected chi connectivity index (χ1v) is 10.0. The van der Waals surface area contributed by atoms with Gasteiger partial charge in [0.25, 0.3) is 0 Å². The van der Waals surface area contributed by atoms with Gasteiger partial charge >= 0.3 is 0 Å². The van der Waals surface area contributed by atoms with Crippen LogP contribution < -0.4 is 21.3 Å². The summed E-state index contributed by atoms with van der Waals surface area (Å²) in [6.45, 7) is 3.75. The SMILES string of the molecule is Nc1nc(Nc2ccc(N3CCNCC3)nc2)nc2c(-c3ccccc3F)nccc12. The third-order valence-electron chi connectivity index (χ3n) is 5.22. The van der Waals surface area contributed by atoms with Crippen LogP contribution in [0.2, 0.25) is 0 Å². The van der Waals surface area contributed by atoms with Crippen molar-refractivity contribution in [3.05, 3.63) is 60.7 Å². The number of halogens is 1. The zero-order chi connectivity index (χ0) is 21.2. The Labute approximate surface area is 178 Å². The van der Waals surface area contributed by atoms with Gasteiger partial charge in [0.05, 0.1) is 17.6 Å². The standard InChI is InChI=1S/C22H21FN8/c23-17-4-2-1-3-15(17)19-20-16(7-8-26-19)21(24)30-22(29-20)28-14-5-6-18(27-13-14)31-11-9-25-10-12-31/h1-8,13,25H,9-12H2,(H3,24,28,29,30). The molecule has 1 saturated heterocycles. The van der Waals surface area contributed by atoms with Crippen molar-refractivity contribution in [2.75, 3.05) is 42.1 Å². The number of rotatable bonds is 4. The third kappa shape index (κ3) is 3.82. The lowest BCUT2D eigenvalue weighted by molar-refractivity contribution is 0.585. The van der Waals surface area contributed by atoms with Gasteiger partial charge in [0.1, 0.15) is 23.0 Å². The van der Waals surface area contributed by atoms with Gasteiger partial charge in [-0.15, -0.1) is 0 Å². The molecule has 31 heavy (non-hydrogen) atoms. The van der Waals surface area contributed by atoms with Crippen LogP contribution in [0.25, 0.3) is 22.2 Å². The number of nitrogens with two attached hydrogens (primary N) is 1. The van der Waals surface area contributed by atoms with Gasteiger partial charge in [-0.3, -0.25) is 4.98 Å². The summed E-state index contributed by atoms with van der Waals surface area (Å²) < 4.78 is 14.4. The summed E-state index contributed by atoms with van der Waals surface area (Å²) in [4.78, 5) is 20.1. The monoisotopic (exact) mass is 416 g/mol. The lowest BCUT2D eigenvalue weighted by atomic mass is 10.1. The van der Waals surface area contributed by atoms with Crippen LogP contribution in [0.1, 0.15) is 0 Å². The number of nitrogens with zero attached hydrogens (tertiary/aromatic N) is 5. The van der Waals surface area contributed by atoms with E-state index in [0.717, 1.165) is 37.7 Å². The molecule has 0 bridgehead atoms. The van der Waals surface area contributed by atoms with Crippen molar-refractivity contribution in [2.45, 2.75) is 0 Å². The predicted molar refractivity (Wildman–Crippen MR) is 120 cm³/mol. The van der Waals surface area contributed by atoms with Gasteiger partial charge in [0.2, 0.25) is 5.95 Å². The van der Waals surface area contributed by atoms with Crippen molar-refractivity contribution in [3.63, 3.8) is 0 Å². The minimum Gasteiger partial charge on any atom is -0.383 e. The lowest BCUT2D eigenvalue weighted by Gasteiger charge is -2.28. The Bertz CT molecular complexity index is 1220. The maximum Gasteiger partial charge on any atom is 0.229 e. The van der Waals surface area contributed by atoms with Crippen LogP contribution in [0.15, 0.2) is 54.9 Å². The second-order valence-electron chi connectivity index (χ2n) is 7.24.